The SMILES string of the molecule is CCCCOc1ccc(C2CCC(/C=C/c3ccc(C4CCC(CCC)CC4)c(C(F)(F)F)c3F)CO2)cc1. The number of unbranched alkanes of at least 4 members (excludes halogenated alkanes) is 1. The molecule has 2 nitrogen and oxygen atoms in total. The van der Waals surface area contributed by atoms with Crippen LogP contribution in [0.4, 0.5) is 17.6 Å². The highest BCUT2D eigenvalue weighted by Gasteiger charge is 2.40. The highest BCUT2D eigenvalue weighted by molar-refractivity contribution is 5.54. The molecule has 1 aliphatic carbocycles. The quantitative estimate of drug-likeness (QED) is 0.218. The van der Waals surface area contributed by atoms with Crippen molar-refractivity contribution >= 4 is 6.08 Å². The predicted molar refractivity (Wildman–Crippen MR) is 148 cm³/mol. The fourth-order valence-corrected chi connectivity index (χ4v) is 6.07. The summed E-state index contributed by atoms with van der Waals surface area (Å²) in [5, 5.41) is 0. The molecular formula is C33H42F4O2. The summed E-state index contributed by atoms with van der Waals surface area (Å²) >= 11 is 0. The zero-order chi connectivity index (χ0) is 27.8. The molecule has 39 heavy (non-hydrogen) atoms. The Balaban J connectivity index is 1.38. The number of hydrogen-bond acceptors (Lipinski definition) is 2. The van der Waals surface area contributed by atoms with Crippen LogP contribution in [-0.2, 0) is 10.9 Å². The molecule has 1 saturated carbocycles. The number of alkyl halides is 3. The van der Waals surface area contributed by atoms with Crippen LogP contribution in [0.5, 0.6) is 5.75 Å². The van der Waals surface area contributed by atoms with Gasteiger partial charge in [-0.25, -0.2) is 4.39 Å². The Morgan fingerprint density at radius 3 is 2.28 bits per heavy atom. The van der Waals surface area contributed by atoms with E-state index in [1.54, 1.807) is 6.08 Å². The Morgan fingerprint density at radius 2 is 1.67 bits per heavy atom. The van der Waals surface area contributed by atoms with Crippen LogP contribution in [0.3, 0.4) is 0 Å². The standard InChI is InChI=1S/C33H42F4O2/c1-3-5-21-38-28-17-14-26(15-18-28)30-20-10-24(22-39-30)9-13-27-16-19-29(31(32(27)34)33(35,36)37)25-11-7-23(6-4-2)8-12-25/h9,13-19,23-25,30H,3-8,10-12,20-22H2,1-2H3/b13-9+. The van der Waals surface area contributed by atoms with Crippen LogP contribution in [-0.4, -0.2) is 13.2 Å². The topological polar surface area (TPSA) is 18.5 Å². The molecule has 214 valence electrons. The van der Waals surface area contributed by atoms with Crippen LogP contribution in [0.1, 0.15) is 112 Å². The molecule has 2 aromatic carbocycles. The molecule has 1 saturated heterocycles. The second-order valence-corrected chi connectivity index (χ2v) is 11.2. The molecule has 2 aromatic rings. The Bertz CT molecular complexity index is 1060. The molecule has 0 aromatic heterocycles. The van der Waals surface area contributed by atoms with Crippen molar-refractivity contribution in [3.8, 4) is 5.75 Å². The van der Waals surface area contributed by atoms with Gasteiger partial charge in [-0.05, 0) is 80.0 Å². The van der Waals surface area contributed by atoms with E-state index < -0.39 is 17.6 Å². The molecule has 0 bridgehead atoms. The van der Waals surface area contributed by atoms with Gasteiger partial charge in [-0.15, -0.1) is 0 Å². The smallest absolute Gasteiger partial charge is 0.419 e. The van der Waals surface area contributed by atoms with Gasteiger partial charge in [0.15, 0.2) is 0 Å². The number of halogens is 4. The van der Waals surface area contributed by atoms with E-state index in [4.69, 9.17) is 9.47 Å². The molecule has 2 fully saturated rings. The van der Waals surface area contributed by atoms with Crippen molar-refractivity contribution in [1.29, 1.82) is 0 Å². The molecule has 1 heterocycles. The first-order chi connectivity index (χ1) is 18.8. The number of rotatable bonds is 10. The van der Waals surface area contributed by atoms with E-state index >= 15 is 4.39 Å². The van der Waals surface area contributed by atoms with Crippen LogP contribution in [0.2, 0.25) is 0 Å². The van der Waals surface area contributed by atoms with Crippen molar-refractivity contribution in [3.63, 3.8) is 0 Å². The third-order valence-electron chi connectivity index (χ3n) is 8.35. The van der Waals surface area contributed by atoms with Crippen molar-refractivity contribution in [2.24, 2.45) is 11.8 Å². The maximum atomic E-state index is 15.3. The van der Waals surface area contributed by atoms with Crippen molar-refractivity contribution < 1.29 is 27.0 Å². The lowest BCUT2D eigenvalue weighted by Gasteiger charge is -2.30. The number of ether oxygens (including phenoxy) is 2. The third kappa shape index (κ3) is 7.87. The molecule has 0 amide bonds. The average Bonchev–Trinajstić information content (AvgIpc) is 2.93. The third-order valence-corrected chi connectivity index (χ3v) is 8.35. The first-order valence-electron chi connectivity index (χ1n) is 14.7. The first-order valence-corrected chi connectivity index (χ1v) is 14.7. The largest absolute Gasteiger partial charge is 0.494 e. The highest BCUT2D eigenvalue weighted by atomic mass is 19.4. The lowest BCUT2D eigenvalue weighted by Crippen LogP contribution is -2.20. The summed E-state index contributed by atoms with van der Waals surface area (Å²) in [7, 11) is 0. The molecule has 2 aliphatic rings. The summed E-state index contributed by atoms with van der Waals surface area (Å²) in [5.74, 6) is 0.0685. The molecule has 2 unspecified atom stereocenters. The summed E-state index contributed by atoms with van der Waals surface area (Å²) in [6.07, 6.45) is 7.70. The van der Waals surface area contributed by atoms with Gasteiger partial charge < -0.3 is 9.47 Å². The number of benzene rings is 2. The van der Waals surface area contributed by atoms with E-state index in [2.05, 4.69) is 13.8 Å². The normalized spacial score (nSPS) is 24.3. The maximum Gasteiger partial charge on any atom is 0.419 e. The molecule has 1 aliphatic heterocycles. The Kier molecular flexibility index (Phi) is 10.5. The molecular weight excluding hydrogens is 504 g/mol. The molecule has 0 spiro atoms. The summed E-state index contributed by atoms with van der Waals surface area (Å²) in [4.78, 5) is 0. The van der Waals surface area contributed by atoms with Crippen LogP contribution in [0, 0.1) is 17.7 Å². The van der Waals surface area contributed by atoms with Gasteiger partial charge in [-0.1, -0.05) is 69.5 Å². The number of hydrogen-bond donors (Lipinski definition) is 0. The van der Waals surface area contributed by atoms with E-state index in [-0.39, 0.29) is 29.1 Å². The van der Waals surface area contributed by atoms with Gasteiger partial charge in [0.1, 0.15) is 11.6 Å². The van der Waals surface area contributed by atoms with Gasteiger partial charge in [-0.2, -0.15) is 13.2 Å². The summed E-state index contributed by atoms with van der Waals surface area (Å²) < 4.78 is 69.3. The molecule has 4 rings (SSSR count). The van der Waals surface area contributed by atoms with Crippen molar-refractivity contribution in [2.75, 3.05) is 13.2 Å². The van der Waals surface area contributed by atoms with E-state index in [0.29, 0.717) is 32.0 Å². The van der Waals surface area contributed by atoms with Crippen molar-refractivity contribution in [2.45, 2.75) is 96.3 Å². The zero-order valence-corrected chi connectivity index (χ0v) is 23.2. The molecule has 0 N–H and O–H groups in total. The summed E-state index contributed by atoms with van der Waals surface area (Å²) in [6, 6.07) is 11.0. The van der Waals surface area contributed by atoms with E-state index in [1.165, 1.54) is 18.2 Å². The maximum absolute atomic E-state index is 15.3. The molecule has 2 atom stereocenters. The van der Waals surface area contributed by atoms with Gasteiger partial charge in [0.2, 0.25) is 0 Å². The van der Waals surface area contributed by atoms with Crippen LogP contribution < -0.4 is 4.74 Å². The van der Waals surface area contributed by atoms with Gasteiger partial charge in [0.05, 0.1) is 24.9 Å². The van der Waals surface area contributed by atoms with Crippen LogP contribution in [0.25, 0.3) is 6.08 Å². The van der Waals surface area contributed by atoms with Gasteiger partial charge in [-0.3, -0.25) is 0 Å². The van der Waals surface area contributed by atoms with Crippen LogP contribution >= 0.6 is 0 Å². The lowest BCUT2D eigenvalue weighted by atomic mass is 9.76. The predicted octanol–water partition coefficient (Wildman–Crippen LogP) is 10.3. The Morgan fingerprint density at radius 1 is 0.923 bits per heavy atom. The Labute approximate surface area is 230 Å². The van der Waals surface area contributed by atoms with E-state index in [1.807, 2.05) is 24.3 Å². The van der Waals surface area contributed by atoms with E-state index in [9.17, 15) is 13.2 Å². The zero-order valence-electron chi connectivity index (χ0n) is 23.2. The minimum atomic E-state index is -4.72. The van der Waals surface area contributed by atoms with Gasteiger partial charge >= 0.3 is 6.18 Å². The van der Waals surface area contributed by atoms with Crippen molar-refractivity contribution in [1.82, 2.24) is 0 Å². The fraction of sp³-hybridized carbons (Fsp3) is 0.576. The van der Waals surface area contributed by atoms with Gasteiger partial charge in [0, 0.05) is 11.5 Å². The molecule has 0 radical (unpaired) electrons. The summed E-state index contributed by atoms with van der Waals surface area (Å²) in [5.41, 5.74) is 0.121. The molecule has 6 heteroatoms. The minimum Gasteiger partial charge on any atom is -0.494 e. The van der Waals surface area contributed by atoms with Crippen LogP contribution in [0.15, 0.2) is 42.5 Å². The second kappa shape index (κ2) is 13.8. The lowest BCUT2D eigenvalue weighted by molar-refractivity contribution is -0.140. The van der Waals surface area contributed by atoms with Gasteiger partial charge in [0.25, 0.3) is 0 Å². The Hall–Kier alpha value is -2.34. The second-order valence-electron chi connectivity index (χ2n) is 11.2. The monoisotopic (exact) mass is 546 g/mol. The average molecular weight is 547 g/mol. The van der Waals surface area contributed by atoms with Crippen molar-refractivity contribution in [3.05, 3.63) is 70.5 Å². The minimum absolute atomic E-state index is 0.00784. The summed E-state index contributed by atoms with van der Waals surface area (Å²) in [6.45, 7) is 5.42. The first kappa shape index (κ1) is 29.6. The van der Waals surface area contributed by atoms with E-state index in [0.717, 1.165) is 62.7 Å². The highest BCUT2D eigenvalue weighted by Crippen LogP contribution is 2.44. The fourth-order valence-electron chi connectivity index (χ4n) is 6.07.